The van der Waals surface area contributed by atoms with E-state index in [-0.39, 0.29) is 11.9 Å². The summed E-state index contributed by atoms with van der Waals surface area (Å²) in [6, 6.07) is 0. The molecule has 1 unspecified atom stereocenters. The highest BCUT2D eigenvalue weighted by Gasteiger charge is 2.33. The van der Waals surface area contributed by atoms with Crippen LogP contribution in [0.2, 0.25) is 0 Å². The molecule has 0 aromatic carbocycles. The number of hydrogen-bond donors (Lipinski definition) is 2. The molecular formula is C11H15N3O2. The smallest absolute Gasteiger partial charge is 0.311 e. The fourth-order valence-electron chi connectivity index (χ4n) is 2.24. The van der Waals surface area contributed by atoms with Gasteiger partial charge in [-0.15, -0.1) is 0 Å². The lowest BCUT2D eigenvalue weighted by Gasteiger charge is -2.14. The normalized spacial score (nSPS) is 18.8. The number of carboxylic acids is 1. The monoisotopic (exact) mass is 221 g/mol. The van der Waals surface area contributed by atoms with Crippen molar-refractivity contribution in [1.82, 2.24) is 9.97 Å². The van der Waals surface area contributed by atoms with Crippen LogP contribution < -0.4 is 5.73 Å². The van der Waals surface area contributed by atoms with Crippen LogP contribution in [0.4, 0.5) is 5.95 Å². The molecule has 16 heavy (non-hydrogen) atoms. The first kappa shape index (κ1) is 10.9. The molecule has 2 rings (SSSR count). The van der Waals surface area contributed by atoms with Crippen LogP contribution in [-0.4, -0.2) is 21.0 Å². The quantitative estimate of drug-likeness (QED) is 0.785. The van der Waals surface area contributed by atoms with Crippen LogP contribution in [-0.2, 0) is 11.2 Å². The van der Waals surface area contributed by atoms with Gasteiger partial charge in [0.2, 0.25) is 5.95 Å². The highest BCUT2D eigenvalue weighted by Crippen LogP contribution is 2.37. The molecule has 1 aliphatic rings. The number of hydrogen-bond acceptors (Lipinski definition) is 4. The zero-order valence-corrected chi connectivity index (χ0v) is 9.40. The molecule has 0 bridgehead atoms. The van der Waals surface area contributed by atoms with Crippen molar-refractivity contribution in [3.8, 4) is 0 Å². The Morgan fingerprint density at radius 2 is 2.19 bits per heavy atom. The number of anilines is 1. The molecule has 0 amide bonds. The molecule has 3 N–H and O–H groups in total. The minimum Gasteiger partial charge on any atom is -0.481 e. The van der Waals surface area contributed by atoms with E-state index in [4.69, 9.17) is 10.8 Å². The molecule has 1 aliphatic carbocycles. The van der Waals surface area contributed by atoms with Crippen molar-refractivity contribution < 1.29 is 9.90 Å². The van der Waals surface area contributed by atoms with Crippen molar-refractivity contribution >= 4 is 11.9 Å². The summed E-state index contributed by atoms with van der Waals surface area (Å²) in [5.74, 6) is -0.852. The van der Waals surface area contributed by atoms with E-state index in [1.165, 1.54) is 0 Å². The fraction of sp³-hybridized carbons (Fsp3) is 0.545. The Balaban J connectivity index is 2.59. The van der Waals surface area contributed by atoms with Gasteiger partial charge >= 0.3 is 5.97 Å². The van der Waals surface area contributed by atoms with E-state index in [1.807, 2.05) is 13.8 Å². The van der Waals surface area contributed by atoms with E-state index in [0.717, 1.165) is 17.0 Å². The third kappa shape index (κ3) is 1.62. The van der Waals surface area contributed by atoms with Gasteiger partial charge in [-0.2, -0.15) is 0 Å². The number of aliphatic carboxylic acids is 1. The van der Waals surface area contributed by atoms with Crippen LogP contribution in [0.3, 0.4) is 0 Å². The largest absolute Gasteiger partial charge is 0.481 e. The van der Waals surface area contributed by atoms with E-state index in [9.17, 15) is 4.79 Å². The molecule has 0 saturated carbocycles. The minimum atomic E-state index is -0.797. The first-order chi connectivity index (χ1) is 7.50. The number of nitrogens with zero attached hydrogens (tertiary/aromatic N) is 2. The van der Waals surface area contributed by atoms with E-state index in [0.29, 0.717) is 12.8 Å². The van der Waals surface area contributed by atoms with Crippen molar-refractivity contribution in [3.63, 3.8) is 0 Å². The van der Waals surface area contributed by atoms with Crippen LogP contribution in [0.25, 0.3) is 0 Å². The van der Waals surface area contributed by atoms with Gasteiger partial charge < -0.3 is 10.8 Å². The molecule has 0 spiro atoms. The maximum Gasteiger partial charge on any atom is 0.311 e. The second-order valence-electron chi connectivity index (χ2n) is 4.41. The van der Waals surface area contributed by atoms with Gasteiger partial charge in [-0.3, -0.25) is 4.79 Å². The molecule has 1 atom stereocenters. The maximum absolute atomic E-state index is 11.1. The van der Waals surface area contributed by atoms with Gasteiger partial charge in [0.15, 0.2) is 0 Å². The predicted molar refractivity (Wildman–Crippen MR) is 59.2 cm³/mol. The Kier molecular flexibility index (Phi) is 2.53. The topological polar surface area (TPSA) is 89.1 Å². The van der Waals surface area contributed by atoms with Crippen molar-refractivity contribution in [2.24, 2.45) is 0 Å². The number of carbonyl (C=O) groups is 1. The van der Waals surface area contributed by atoms with Crippen molar-refractivity contribution in [3.05, 3.63) is 17.0 Å². The zero-order chi connectivity index (χ0) is 11.9. The van der Waals surface area contributed by atoms with Crippen LogP contribution in [0, 0.1) is 0 Å². The Hall–Kier alpha value is -1.65. The van der Waals surface area contributed by atoms with Gasteiger partial charge in [0.05, 0.1) is 17.3 Å². The Morgan fingerprint density at radius 3 is 2.75 bits per heavy atom. The fourth-order valence-corrected chi connectivity index (χ4v) is 2.24. The summed E-state index contributed by atoms with van der Waals surface area (Å²) >= 11 is 0. The standard InChI is InChI=1S/C11H15N3O2/c1-5(2)9-8-6(10(15)16)3-4-7(8)13-11(12)14-9/h5-6H,3-4H2,1-2H3,(H,15,16)(H2,12,13,14). The van der Waals surface area contributed by atoms with Crippen molar-refractivity contribution in [2.75, 3.05) is 5.73 Å². The van der Waals surface area contributed by atoms with Gasteiger partial charge in [-0.25, -0.2) is 9.97 Å². The summed E-state index contributed by atoms with van der Waals surface area (Å²) in [6.45, 7) is 3.97. The average Bonchev–Trinajstić information content (AvgIpc) is 2.59. The van der Waals surface area contributed by atoms with E-state index in [2.05, 4.69) is 9.97 Å². The lowest BCUT2D eigenvalue weighted by molar-refractivity contribution is -0.138. The first-order valence-corrected chi connectivity index (χ1v) is 5.39. The van der Waals surface area contributed by atoms with E-state index < -0.39 is 11.9 Å². The zero-order valence-electron chi connectivity index (χ0n) is 9.40. The number of fused-ring (bicyclic) bond motifs is 1. The first-order valence-electron chi connectivity index (χ1n) is 5.39. The second kappa shape index (κ2) is 3.73. The Morgan fingerprint density at radius 1 is 1.50 bits per heavy atom. The third-order valence-corrected chi connectivity index (χ3v) is 2.93. The summed E-state index contributed by atoms with van der Waals surface area (Å²) in [5.41, 5.74) is 8.00. The Labute approximate surface area is 93.7 Å². The van der Waals surface area contributed by atoms with Crippen LogP contribution in [0.1, 0.15) is 49.1 Å². The number of nitrogen functional groups attached to an aromatic ring is 1. The van der Waals surface area contributed by atoms with E-state index in [1.54, 1.807) is 0 Å². The molecule has 1 aromatic rings. The lowest BCUT2D eigenvalue weighted by atomic mass is 9.96. The van der Waals surface area contributed by atoms with Gasteiger partial charge in [0, 0.05) is 5.56 Å². The summed E-state index contributed by atoms with van der Waals surface area (Å²) in [6.07, 6.45) is 1.28. The number of aryl methyl sites for hydroxylation is 1. The maximum atomic E-state index is 11.1. The summed E-state index contributed by atoms with van der Waals surface area (Å²) < 4.78 is 0. The SMILES string of the molecule is CC(C)c1nc(N)nc2c1C(C(=O)O)CC2. The van der Waals surface area contributed by atoms with Gasteiger partial charge in [-0.1, -0.05) is 13.8 Å². The average molecular weight is 221 g/mol. The highest BCUT2D eigenvalue weighted by atomic mass is 16.4. The summed E-state index contributed by atoms with van der Waals surface area (Å²) in [4.78, 5) is 19.5. The molecular weight excluding hydrogens is 206 g/mol. The summed E-state index contributed by atoms with van der Waals surface area (Å²) in [7, 11) is 0. The molecule has 1 aromatic heterocycles. The van der Waals surface area contributed by atoms with Crippen molar-refractivity contribution in [2.45, 2.75) is 38.5 Å². The number of carboxylic acid groups (broad SMARTS) is 1. The molecule has 5 nitrogen and oxygen atoms in total. The van der Waals surface area contributed by atoms with Crippen LogP contribution in [0.5, 0.6) is 0 Å². The number of nitrogens with two attached hydrogens (primary N) is 1. The molecule has 0 aliphatic heterocycles. The minimum absolute atomic E-state index is 0.166. The molecule has 0 radical (unpaired) electrons. The van der Waals surface area contributed by atoms with Gasteiger partial charge in [0.1, 0.15) is 0 Å². The third-order valence-electron chi connectivity index (χ3n) is 2.93. The van der Waals surface area contributed by atoms with Gasteiger partial charge in [-0.05, 0) is 18.8 Å². The lowest BCUT2D eigenvalue weighted by Crippen LogP contribution is -2.14. The summed E-state index contributed by atoms with van der Waals surface area (Å²) in [5, 5.41) is 9.15. The highest BCUT2D eigenvalue weighted by molar-refractivity contribution is 5.78. The van der Waals surface area contributed by atoms with Crippen LogP contribution >= 0.6 is 0 Å². The molecule has 5 heteroatoms. The van der Waals surface area contributed by atoms with Gasteiger partial charge in [0.25, 0.3) is 0 Å². The molecule has 0 fully saturated rings. The van der Waals surface area contributed by atoms with Crippen LogP contribution in [0.15, 0.2) is 0 Å². The molecule has 0 saturated heterocycles. The van der Waals surface area contributed by atoms with E-state index >= 15 is 0 Å². The number of rotatable bonds is 2. The number of aromatic nitrogens is 2. The predicted octanol–water partition coefficient (Wildman–Crippen LogP) is 1.30. The Bertz CT molecular complexity index is 443. The molecule has 1 heterocycles. The second-order valence-corrected chi connectivity index (χ2v) is 4.41. The molecule has 86 valence electrons. The van der Waals surface area contributed by atoms with Crippen molar-refractivity contribution in [1.29, 1.82) is 0 Å².